The lowest BCUT2D eigenvalue weighted by Crippen LogP contribution is -2.50. The fourth-order valence-corrected chi connectivity index (χ4v) is 3.35. The standard InChI is InChI=1S/C20H25N3O/c1-22(20(24)19(21)16-9-4-2-5-10-16)18-13-8-14-23(15-18)17-11-6-3-7-12-17/h2-7,9-12,18-19H,8,13-15,21H2,1H3. The molecule has 1 aliphatic rings. The highest BCUT2D eigenvalue weighted by Crippen LogP contribution is 2.23. The number of anilines is 1. The third-order valence-corrected chi connectivity index (χ3v) is 4.84. The minimum Gasteiger partial charge on any atom is -0.369 e. The van der Waals surface area contributed by atoms with Crippen molar-refractivity contribution in [3.05, 3.63) is 66.2 Å². The van der Waals surface area contributed by atoms with Gasteiger partial charge in [0.15, 0.2) is 0 Å². The second-order valence-electron chi connectivity index (χ2n) is 6.42. The van der Waals surface area contributed by atoms with Crippen LogP contribution in [-0.2, 0) is 4.79 Å². The molecule has 0 aliphatic carbocycles. The van der Waals surface area contributed by atoms with Gasteiger partial charge in [0.25, 0.3) is 0 Å². The first-order chi connectivity index (χ1) is 11.7. The van der Waals surface area contributed by atoms with E-state index in [9.17, 15) is 4.79 Å². The van der Waals surface area contributed by atoms with E-state index in [4.69, 9.17) is 5.73 Å². The minimum atomic E-state index is -0.594. The van der Waals surface area contributed by atoms with Crippen LogP contribution in [0.25, 0.3) is 0 Å². The Morgan fingerprint density at radius 3 is 2.42 bits per heavy atom. The van der Waals surface area contributed by atoms with Crippen molar-refractivity contribution in [2.75, 3.05) is 25.0 Å². The average Bonchev–Trinajstić information content (AvgIpc) is 2.67. The first-order valence-corrected chi connectivity index (χ1v) is 8.54. The highest BCUT2D eigenvalue weighted by atomic mass is 16.2. The fourth-order valence-electron chi connectivity index (χ4n) is 3.35. The van der Waals surface area contributed by atoms with E-state index in [-0.39, 0.29) is 11.9 Å². The van der Waals surface area contributed by atoms with Crippen molar-refractivity contribution >= 4 is 11.6 Å². The van der Waals surface area contributed by atoms with Gasteiger partial charge < -0.3 is 15.5 Å². The first-order valence-electron chi connectivity index (χ1n) is 8.54. The number of benzene rings is 2. The number of carbonyl (C=O) groups excluding carboxylic acids is 1. The molecule has 24 heavy (non-hydrogen) atoms. The number of carbonyl (C=O) groups is 1. The number of para-hydroxylation sites is 1. The molecule has 4 heteroatoms. The molecule has 0 bridgehead atoms. The van der Waals surface area contributed by atoms with Gasteiger partial charge >= 0.3 is 0 Å². The van der Waals surface area contributed by atoms with Gasteiger partial charge in [0.2, 0.25) is 5.91 Å². The second-order valence-corrected chi connectivity index (χ2v) is 6.42. The van der Waals surface area contributed by atoms with Gasteiger partial charge in [-0.1, -0.05) is 48.5 Å². The van der Waals surface area contributed by atoms with Crippen molar-refractivity contribution in [3.63, 3.8) is 0 Å². The molecule has 126 valence electrons. The monoisotopic (exact) mass is 323 g/mol. The Bertz CT molecular complexity index is 659. The molecule has 1 amide bonds. The summed E-state index contributed by atoms with van der Waals surface area (Å²) in [6.45, 7) is 1.89. The summed E-state index contributed by atoms with van der Waals surface area (Å²) in [4.78, 5) is 17.0. The van der Waals surface area contributed by atoms with Gasteiger partial charge in [-0.2, -0.15) is 0 Å². The van der Waals surface area contributed by atoms with Gasteiger partial charge in [0.05, 0.1) is 0 Å². The van der Waals surface area contributed by atoms with Gasteiger partial charge in [-0.15, -0.1) is 0 Å². The quantitative estimate of drug-likeness (QED) is 0.941. The summed E-state index contributed by atoms with van der Waals surface area (Å²) in [6, 6.07) is 19.6. The summed E-state index contributed by atoms with van der Waals surface area (Å²) in [5.41, 5.74) is 8.27. The zero-order chi connectivity index (χ0) is 16.9. The lowest BCUT2D eigenvalue weighted by atomic mass is 10.0. The van der Waals surface area contributed by atoms with Crippen LogP contribution >= 0.6 is 0 Å². The summed E-state index contributed by atoms with van der Waals surface area (Å²) >= 11 is 0. The lowest BCUT2D eigenvalue weighted by molar-refractivity contribution is -0.133. The maximum absolute atomic E-state index is 12.8. The third kappa shape index (κ3) is 3.60. The average molecular weight is 323 g/mol. The zero-order valence-electron chi connectivity index (χ0n) is 14.1. The normalized spacial score (nSPS) is 18.9. The third-order valence-electron chi connectivity index (χ3n) is 4.84. The van der Waals surface area contributed by atoms with E-state index in [2.05, 4.69) is 29.2 Å². The van der Waals surface area contributed by atoms with Crippen LogP contribution in [0.15, 0.2) is 60.7 Å². The number of hydrogen-bond acceptors (Lipinski definition) is 3. The van der Waals surface area contributed by atoms with E-state index in [1.165, 1.54) is 5.69 Å². The van der Waals surface area contributed by atoms with E-state index in [1.54, 1.807) is 0 Å². The van der Waals surface area contributed by atoms with Crippen LogP contribution in [0.5, 0.6) is 0 Å². The van der Waals surface area contributed by atoms with Crippen molar-refractivity contribution in [3.8, 4) is 0 Å². The molecule has 2 aromatic carbocycles. The molecule has 1 aliphatic heterocycles. The lowest BCUT2D eigenvalue weighted by Gasteiger charge is -2.39. The summed E-state index contributed by atoms with van der Waals surface area (Å²) < 4.78 is 0. The number of likely N-dealkylation sites (N-methyl/N-ethyl adjacent to an activating group) is 1. The maximum Gasteiger partial charge on any atom is 0.244 e. The van der Waals surface area contributed by atoms with Gasteiger partial charge in [0, 0.05) is 31.9 Å². The van der Waals surface area contributed by atoms with E-state index >= 15 is 0 Å². The van der Waals surface area contributed by atoms with Crippen LogP contribution in [0, 0.1) is 0 Å². The molecule has 1 saturated heterocycles. The van der Waals surface area contributed by atoms with Crippen molar-refractivity contribution in [1.82, 2.24) is 4.90 Å². The molecule has 3 rings (SSSR count). The number of rotatable bonds is 4. The van der Waals surface area contributed by atoms with E-state index in [0.29, 0.717) is 0 Å². The molecular formula is C20H25N3O. The Morgan fingerprint density at radius 2 is 1.75 bits per heavy atom. The van der Waals surface area contributed by atoms with Crippen LogP contribution in [0.2, 0.25) is 0 Å². The van der Waals surface area contributed by atoms with Crippen LogP contribution in [-0.4, -0.2) is 37.0 Å². The Morgan fingerprint density at radius 1 is 1.12 bits per heavy atom. The zero-order valence-corrected chi connectivity index (χ0v) is 14.1. The molecule has 1 heterocycles. The molecule has 0 aromatic heterocycles. The summed E-state index contributed by atoms with van der Waals surface area (Å²) in [6.07, 6.45) is 2.10. The van der Waals surface area contributed by atoms with Crippen molar-refractivity contribution in [2.24, 2.45) is 5.73 Å². The number of piperidine rings is 1. The van der Waals surface area contributed by atoms with Crippen molar-refractivity contribution in [2.45, 2.75) is 24.9 Å². The number of hydrogen-bond donors (Lipinski definition) is 1. The molecule has 2 atom stereocenters. The molecular weight excluding hydrogens is 298 g/mol. The first kappa shape index (κ1) is 16.5. The van der Waals surface area contributed by atoms with Crippen LogP contribution in [0.4, 0.5) is 5.69 Å². The molecule has 0 radical (unpaired) electrons. The topological polar surface area (TPSA) is 49.6 Å². The number of nitrogens with zero attached hydrogens (tertiary/aromatic N) is 2. The SMILES string of the molecule is CN(C(=O)C(N)c1ccccc1)C1CCCN(c2ccccc2)C1. The van der Waals surface area contributed by atoms with Crippen molar-refractivity contribution < 1.29 is 4.79 Å². The highest BCUT2D eigenvalue weighted by Gasteiger charge is 2.29. The molecule has 2 aromatic rings. The Balaban J connectivity index is 1.68. The Kier molecular flexibility index (Phi) is 5.16. The van der Waals surface area contributed by atoms with Gasteiger partial charge in [-0.05, 0) is 30.5 Å². The predicted octanol–water partition coefficient (Wildman–Crippen LogP) is 2.81. The summed E-state index contributed by atoms with van der Waals surface area (Å²) in [5.74, 6) is -0.0129. The largest absolute Gasteiger partial charge is 0.369 e. The van der Waals surface area contributed by atoms with Gasteiger partial charge in [-0.3, -0.25) is 4.79 Å². The second kappa shape index (κ2) is 7.49. The smallest absolute Gasteiger partial charge is 0.244 e. The predicted molar refractivity (Wildman–Crippen MR) is 97.8 cm³/mol. The molecule has 2 N–H and O–H groups in total. The van der Waals surface area contributed by atoms with Crippen LogP contribution < -0.4 is 10.6 Å². The number of amides is 1. The van der Waals surface area contributed by atoms with Gasteiger partial charge in [-0.25, -0.2) is 0 Å². The summed E-state index contributed by atoms with van der Waals surface area (Å²) in [7, 11) is 1.88. The molecule has 1 fully saturated rings. The molecule has 0 spiro atoms. The van der Waals surface area contributed by atoms with E-state index in [1.807, 2.05) is 48.3 Å². The fraction of sp³-hybridized carbons (Fsp3) is 0.350. The summed E-state index contributed by atoms with van der Waals surface area (Å²) in [5, 5.41) is 0. The van der Waals surface area contributed by atoms with Crippen molar-refractivity contribution in [1.29, 1.82) is 0 Å². The Labute approximate surface area is 143 Å². The Hall–Kier alpha value is -2.33. The van der Waals surface area contributed by atoms with Crippen LogP contribution in [0.3, 0.4) is 0 Å². The molecule has 0 saturated carbocycles. The molecule has 2 unspecified atom stereocenters. The highest BCUT2D eigenvalue weighted by molar-refractivity contribution is 5.83. The van der Waals surface area contributed by atoms with E-state index in [0.717, 1.165) is 31.5 Å². The molecule has 4 nitrogen and oxygen atoms in total. The van der Waals surface area contributed by atoms with Gasteiger partial charge in [0.1, 0.15) is 6.04 Å². The minimum absolute atomic E-state index is 0.0129. The number of nitrogens with two attached hydrogens (primary N) is 1. The van der Waals surface area contributed by atoms with E-state index < -0.39 is 6.04 Å². The van der Waals surface area contributed by atoms with Crippen LogP contribution in [0.1, 0.15) is 24.4 Å². The maximum atomic E-state index is 12.8.